The van der Waals surface area contributed by atoms with Crippen molar-refractivity contribution in [1.29, 1.82) is 0 Å². The van der Waals surface area contributed by atoms with Gasteiger partial charge < -0.3 is 39.7 Å². The number of rotatable bonds is 5. The molecule has 2 unspecified atom stereocenters. The van der Waals surface area contributed by atoms with Crippen LogP contribution in [0.4, 0.5) is 0 Å². The Hall–Kier alpha value is 0.260. The highest BCUT2D eigenvalue weighted by Crippen LogP contribution is 2.37. The van der Waals surface area contributed by atoms with Gasteiger partial charge in [0.2, 0.25) is 5.79 Å². The molecule has 10 heteroatoms. The third-order valence-electron chi connectivity index (χ3n) is 3.87. The third-order valence-corrected chi connectivity index (χ3v) is 4.54. The molecule has 2 fully saturated rings. The molecule has 22 heavy (non-hydrogen) atoms. The maximum absolute atomic E-state index is 10.1. The lowest BCUT2D eigenvalue weighted by molar-refractivity contribution is -0.358. The average Bonchev–Trinajstić information content (AvgIpc) is 2.76. The van der Waals surface area contributed by atoms with Crippen LogP contribution < -0.4 is 0 Å². The number of aliphatic hydroxyl groups is 5. The molecular weight excluding hydrogens is 343 g/mol. The lowest BCUT2D eigenvalue weighted by Crippen LogP contribution is -2.57. The van der Waals surface area contributed by atoms with Crippen molar-refractivity contribution in [2.45, 2.75) is 55.1 Å². The van der Waals surface area contributed by atoms with Crippen molar-refractivity contribution in [2.24, 2.45) is 0 Å². The van der Waals surface area contributed by atoms with Gasteiger partial charge in [0.15, 0.2) is 6.29 Å². The Kier molecular flexibility index (Phi) is 6.28. The van der Waals surface area contributed by atoms with E-state index in [-0.39, 0.29) is 24.8 Å². The van der Waals surface area contributed by atoms with Gasteiger partial charge in [0.1, 0.15) is 24.4 Å². The highest BCUT2D eigenvalue weighted by Gasteiger charge is 2.57. The molecule has 0 aliphatic carbocycles. The van der Waals surface area contributed by atoms with Crippen LogP contribution in [0.25, 0.3) is 0 Å². The predicted molar refractivity (Wildman–Crippen MR) is 74.5 cm³/mol. The van der Waals surface area contributed by atoms with E-state index in [0.29, 0.717) is 0 Å². The smallest absolute Gasteiger partial charge is 0.214 e. The summed E-state index contributed by atoms with van der Waals surface area (Å²) in [6.45, 7) is -0.381. The summed E-state index contributed by atoms with van der Waals surface area (Å²) in [5, 5.41) is 48.8. The minimum atomic E-state index is -1.84. The second-order valence-electron chi connectivity index (χ2n) is 5.41. The monoisotopic (exact) mass is 362 g/mol. The van der Waals surface area contributed by atoms with E-state index in [4.69, 9.17) is 42.5 Å². The summed E-state index contributed by atoms with van der Waals surface area (Å²) in [4.78, 5) is 0. The Labute approximate surface area is 137 Å². The maximum atomic E-state index is 10.1. The first-order valence-corrected chi connectivity index (χ1v) is 7.91. The number of halogens is 2. The van der Waals surface area contributed by atoms with Gasteiger partial charge >= 0.3 is 0 Å². The second-order valence-corrected chi connectivity index (χ2v) is 5.99. The SMILES string of the molecule is OCC1C[C@H](O)C(O)[C@@H](O[C@@]2(CCl)O[C@H](CCl)[C@@H](O)[C@H]2O)O1. The standard InChI is InChI=1S/C12H20Cl2O8/c13-2-7-9(18)10(19)12(4-14,21-7)22-11-8(17)6(16)1-5(3-15)20-11/h5-11,15-19H,1-4H2/t5?,6-,7+,8?,9+,10+,11+,12+/m0/s1. The highest BCUT2D eigenvalue weighted by molar-refractivity contribution is 6.19. The summed E-state index contributed by atoms with van der Waals surface area (Å²) < 4.78 is 16.2. The van der Waals surface area contributed by atoms with Crippen molar-refractivity contribution in [1.82, 2.24) is 0 Å². The summed E-state index contributed by atoms with van der Waals surface area (Å²) in [7, 11) is 0. The largest absolute Gasteiger partial charge is 0.394 e. The summed E-state index contributed by atoms with van der Waals surface area (Å²) >= 11 is 11.5. The van der Waals surface area contributed by atoms with Crippen LogP contribution in [-0.4, -0.2) is 92.6 Å². The van der Waals surface area contributed by atoms with E-state index >= 15 is 0 Å². The summed E-state index contributed by atoms with van der Waals surface area (Å²) in [5.41, 5.74) is 0. The molecule has 0 aromatic carbocycles. The minimum absolute atomic E-state index is 0.0295. The van der Waals surface area contributed by atoms with Crippen LogP contribution in [-0.2, 0) is 14.2 Å². The number of hydrogen-bond donors (Lipinski definition) is 5. The fourth-order valence-electron chi connectivity index (χ4n) is 2.55. The minimum Gasteiger partial charge on any atom is -0.394 e. The van der Waals surface area contributed by atoms with Crippen molar-refractivity contribution < 1.29 is 39.7 Å². The van der Waals surface area contributed by atoms with Gasteiger partial charge in [-0.3, -0.25) is 0 Å². The Morgan fingerprint density at radius 2 is 1.82 bits per heavy atom. The first-order valence-electron chi connectivity index (χ1n) is 6.84. The van der Waals surface area contributed by atoms with Gasteiger partial charge in [-0.2, -0.15) is 0 Å². The van der Waals surface area contributed by atoms with E-state index in [1.807, 2.05) is 0 Å². The van der Waals surface area contributed by atoms with E-state index < -0.39 is 48.7 Å². The van der Waals surface area contributed by atoms with Crippen molar-refractivity contribution in [3.8, 4) is 0 Å². The molecule has 0 bridgehead atoms. The fraction of sp³-hybridized carbons (Fsp3) is 1.00. The van der Waals surface area contributed by atoms with Crippen molar-refractivity contribution in [3.05, 3.63) is 0 Å². The van der Waals surface area contributed by atoms with Gasteiger partial charge in [0.25, 0.3) is 0 Å². The van der Waals surface area contributed by atoms with Crippen LogP contribution in [0.15, 0.2) is 0 Å². The molecule has 130 valence electrons. The lowest BCUT2D eigenvalue weighted by atomic mass is 10.0. The van der Waals surface area contributed by atoms with Gasteiger partial charge in [0.05, 0.1) is 30.6 Å². The zero-order valence-electron chi connectivity index (χ0n) is 11.6. The van der Waals surface area contributed by atoms with Gasteiger partial charge in [-0.25, -0.2) is 0 Å². The summed E-state index contributed by atoms with van der Waals surface area (Å²) in [6.07, 6.45) is -8.47. The van der Waals surface area contributed by atoms with Crippen LogP contribution in [0.3, 0.4) is 0 Å². The van der Waals surface area contributed by atoms with E-state index in [9.17, 15) is 20.4 Å². The predicted octanol–water partition coefficient (Wildman–Crippen LogP) is -1.87. The Morgan fingerprint density at radius 3 is 2.32 bits per heavy atom. The van der Waals surface area contributed by atoms with E-state index in [0.717, 1.165) is 0 Å². The quantitative estimate of drug-likeness (QED) is 0.359. The fourth-order valence-corrected chi connectivity index (χ4v) is 3.08. The molecular formula is C12H20Cl2O8. The Bertz CT molecular complexity index is 375. The molecule has 0 spiro atoms. The highest BCUT2D eigenvalue weighted by atomic mass is 35.5. The molecule has 2 aliphatic heterocycles. The van der Waals surface area contributed by atoms with Crippen LogP contribution in [0.5, 0.6) is 0 Å². The summed E-state index contributed by atoms with van der Waals surface area (Å²) in [6, 6.07) is 0. The molecule has 0 saturated carbocycles. The van der Waals surface area contributed by atoms with Crippen LogP contribution in [0, 0.1) is 0 Å². The number of alkyl halides is 2. The van der Waals surface area contributed by atoms with E-state index in [1.165, 1.54) is 0 Å². The van der Waals surface area contributed by atoms with Crippen molar-refractivity contribution in [3.63, 3.8) is 0 Å². The Morgan fingerprint density at radius 1 is 1.14 bits per heavy atom. The first kappa shape index (κ1) is 18.6. The maximum Gasteiger partial charge on any atom is 0.214 e. The molecule has 8 atom stereocenters. The van der Waals surface area contributed by atoms with E-state index in [1.54, 1.807) is 0 Å². The molecule has 5 N–H and O–H groups in total. The van der Waals surface area contributed by atoms with E-state index in [2.05, 4.69) is 0 Å². The molecule has 2 heterocycles. The molecule has 2 saturated heterocycles. The average molecular weight is 363 g/mol. The molecule has 2 rings (SSSR count). The molecule has 0 radical (unpaired) electrons. The van der Waals surface area contributed by atoms with Crippen molar-refractivity contribution >= 4 is 23.2 Å². The van der Waals surface area contributed by atoms with Gasteiger partial charge in [-0.05, 0) is 0 Å². The van der Waals surface area contributed by atoms with Gasteiger partial charge in [-0.1, -0.05) is 0 Å². The Balaban J connectivity index is 2.15. The third kappa shape index (κ3) is 3.36. The summed E-state index contributed by atoms with van der Waals surface area (Å²) in [5.74, 6) is -2.31. The number of ether oxygens (including phenoxy) is 3. The molecule has 0 aromatic rings. The van der Waals surface area contributed by atoms with Crippen LogP contribution in [0.2, 0.25) is 0 Å². The van der Waals surface area contributed by atoms with Gasteiger partial charge in [0, 0.05) is 6.42 Å². The molecule has 0 amide bonds. The zero-order chi connectivity index (χ0) is 16.5. The lowest BCUT2D eigenvalue weighted by Gasteiger charge is -2.41. The molecule has 0 aromatic heterocycles. The molecule has 2 aliphatic rings. The van der Waals surface area contributed by atoms with Gasteiger partial charge in [-0.15, -0.1) is 23.2 Å². The normalized spacial score (nSPS) is 49.5. The van der Waals surface area contributed by atoms with Crippen LogP contribution >= 0.6 is 23.2 Å². The zero-order valence-corrected chi connectivity index (χ0v) is 13.1. The van der Waals surface area contributed by atoms with Crippen LogP contribution in [0.1, 0.15) is 6.42 Å². The second kappa shape index (κ2) is 7.43. The topological polar surface area (TPSA) is 129 Å². The number of hydrogen-bond acceptors (Lipinski definition) is 8. The first-order chi connectivity index (χ1) is 10.4. The number of aliphatic hydroxyl groups excluding tert-OH is 5. The van der Waals surface area contributed by atoms with Crippen molar-refractivity contribution in [2.75, 3.05) is 18.4 Å². The molecule has 8 nitrogen and oxygen atoms in total.